The van der Waals surface area contributed by atoms with Gasteiger partial charge in [-0.3, -0.25) is 19.3 Å². The highest BCUT2D eigenvalue weighted by Gasteiger charge is 2.16. The molecule has 0 atom stereocenters. The van der Waals surface area contributed by atoms with E-state index in [9.17, 15) is 22.8 Å². The first-order valence-corrected chi connectivity index (χ1v) is 8.99. The Labute approximate surface area is 151 Å². The lowest BCUT2D eigenvalue weighted by Gasteiger charge is -2.09. The number of benzene rings is 2. The monoisotopic (exact) mass is 391 g/mol. The highest BCUT2D eigenvalue weighted by Crippen LogP contribution is 2.20. The average molecular weight is 391 g/mol. The van der Waals surface area contributed by atoms with E-state index in [1.165, 1.54) is 42.5 Å². The topological polar surface area (TPSA) is 159 Å². The van der Waals surface area contributed by atoms with E-state index < -0.39 is 34.2 Å². The first kappa shape index (κ1) is 18.2. The van der Waals surface area contributed by atoms with Crippen molar-refractivity contribution < 1.29 is 27.5 Å². The van der Waals surface area contributed by atoms with Crippen LogP contribution < -0.4 is 15.8 Å². The van der Waals surface area contributed by atoms with Gasteiger partial charge in [0.1, 0.15) is 6.54 Å². The molecule has 0 aliphatic carbocycles. The third-order valence-electron chi connectivity index (χ3n) is 3.50. The van der Waals surface area contributed by atoms with Gasteiger partial charge in [0.25, 0.3) is 15.9 Å². The zero-order valence-corrected chi connectivity index (χ0v) is 14.4. The Morgan fingerprint density at radius 2 is 1.81 bits per heavy atom. The van der Waals surface area contributed by atoms with Gasteiger partial charge in [-0.15, -0.1) is 0 Å². The van der Waals surface area contributed by atoms with Crippen molar-refractivity contribution in [3.63, 3.8) is 0 Å². The quantitative estimate of drug-likeness (QED) is 0.482. The van der Waals surface area contributed by atoms with Gasteiger partial charge >= 0.3 is 11.7 Å². The molecule has 4 N–H and O–H groups in total. The van der Waals surface area contributed by atoms with Crippen molar-refractivity contribution in [3.05, 3.63) is 58.6 Å². The molecule has 0 fully saturated rings. The van der Waals surface area contributed by atoms with Gasteiger partial charge in [-0.2, -0.15) is 0 Å². The number of carbonyl (C=O) groups is 2. The van der Waals surface area contributed by atoms with Crippen molar-refractivity contribution in [1.29, 1.82) is 0 Å². The van der Waals surface area contributed by atoms with Gasteiger partial charge in [0, 0.05) is 17.3 Å². The van der Waals surface area contributed by atoms with Crippen LogP contribution in [0.1, 0.15) is 10.4 Å². The van der Waals surface area contributed by atoms with E-state index in [1.807, 2.05) is 0 Å². The standard InChI is InChI=1S/C16H13N3O7S/c20-14(21)8-17-15(22)9-1-3-10(4-2-9)19-27(24,25)11-5-6-12-13(7-11)26-16(23)18-12/h1-7,19H,8H2,(H,17,22)(H,18,23)(H,20,21). The van der Waals surface area contributed by atoms with E-state index >= 15 is 0 Å². The second-order valence-electron chi connectivity index (χ2n) is 5.43. The summed E-state index contributed by atoms with van der Waals surface area (Å²) in [5.41, 5.74) is 0.846. The van der Waals surface area contributed by atoms with E-state index in [4.69, 9.17) is 9.52 Å². The van der Waals surface area contributed by atoms with Crippen LogP contribution in [0.4, 0.5) is 5.69 Å². The summed E-state index contributed by atoms with van der Waals surface area (Å²) < 4.78 is 32.1. The summed E-state index contributed by atoms with van der Waals surface area (Å²) in [4.78, 5) is 35.6. The molecular formula is C16H13N3O7S. The second-order valence-corrected chi connectivity index (χ2v) is 7.11. The summed E-state index contributed by atoms with van der Waals surface area (Å²) in [6.45, 7) is -0.523. The van der Waals surface area contributed by atoms with Crippen molar-refractivity contribution in [2.45, 2.75) is 4.90 Å². The number of carboxylic acids is 1. The highest BCUT2D eigenvalue weighted by molar-refractivity contribution is 7.92. The van der Waals surface area contributed by atoms with Crippen molar-refractivity contribution in [1.82, 2.24) is 10.3 Å². The number of carboxylic acid groups (broad SMARTS) is 1. The number of aromatic nitrogens is 1. The van der Waals surface area contributed by atoms with Crippen LogP contribution in [-0.2, 0) is 14.8 Å². The van der Waals surface area contributed by atoms with Crippen molar-refractivity contribution >= 4 is 38.7 Å². The normalized spacial score (nSPS) is 11.3. The number of aromatic amines is 1. The van der Waals surface area contributed by atoms with Gasteiger partial charge in [-0.05, 0) is 36.4 Å². The van der Waals surface area contributed by atoms with E-state index in [0.717, 1.165) is 0 Å². The van der Waals surface area contributed by atoms with Crippen LogP contribution in [0.5, 0.6) is 0 Å². The Bertz CT molecular complexity index is 1180. The Balaban J connectivity index is 1.77. The SMILES string of the molecule is O=C(O)CNC(=O)c1ccc(NS(=O)(=O)c2ccc3[nH]c(=O)oc3c2)cc1. The predicted molar refractivity (Wildman–Crippen MR) is 94.1 cm³/mol. The number of hydrogen-bond acceptors (Lipinski definition) is 6. The number of nitrogens with one attached hydrogen (secondary N) is 3. The van der Waals surface area contributed by atoms with Crippen molar-refractivity contribution in [3.8, 4) is 0 Å². The number of anilines is 1. The van der Waals surface area contributed by atoms with Crippen LogP contribution in [0.15, 0.2) is 56.6 Å². The number of fused-ring (bicyclic) bond motifs is 1. The lowest BCUT2D eigenvalue weighted by atomic mass is 10.2. The van der Waals surface area contributed by atoms with Gasteiger partial charge < -0.3 is 14.8 Å². The third kappa shape index (κ3) is 4.15. The number of rotatable bonds is 6. The molecule has 1 aromatic heterocycles. The maximum atomic E-state index is 12.5. The van der Waals surface area contributed by atoms with Gasteiger partial charge in [0.15, 0.2) is 5.58 Å². The molecule has 3 aromatic rings. The van der Waals surface area contributed by atoms with Crippen LogP contribution >= 0.6 is 0 Å². The zero-order valence-electron chi connectivity index (χ0n) is 13.6. The zero-order chi connectivity index (χ0) is 19.6. The van der Waals surface area contributed by atoms with E-state index in [-0.39, 0.29) is 21.7 Å². The van der Waals surface area contributed by atoms with Crippen molar-refractivity contribution in [2.24, 2.45) is 0 Å². The fourth-order valence-corrected chi connectivity index (χ4v) is 3.33. The minimum atomic E-state index is -3.95. The maximum Gasteiger partial charge on any atom is 0.417 e. The number of hydrogen-bond donors (Lipinski definition) is 4. The van der Waals surface area contributed by atoms with Crippen LogP contribution in [0.2, 0.25) is 0 Å². The second kappa shape index (κ2) is 6.96. The van der Waals surface area contributed by atoms with Crippen LogP contribution in [-0.4, -0.2) is 36.9 Å². The van der Waals surface area contributed by atoms with Crippen LogP contribution in [0, 0.1) is 0 Å². The molecule has 27 heavy (non-hydrogen) atoms. The minimum Gasteiger partial charge on any atom is -0.480 e. The molecule has 11 heteroatoms. The molecule has 0 bridgehead atoms. The summed E-state index contributed by atoms with van der Waals surface area (Å²) in [7, 11) is -3.95. The van der Waals surface area contributed by atoms with Crippen LogP contribution in [0.25, 0.3) is 11.1 Å². The third-order valence-corrected chi connectivity index (χ3v) is 4.88. The number of H-pyrrole nitrogens is 1. The lowest BCUT2D eigenvalue weighted by molar-refractivity contribution is -0.135. The highest BCUT2D eigenvalue weighted by atomic mass is 32.2. The molecule has 0 spiro atoms. The number of amides is 1. The summed E-state index contributed by atoms with van der Waals surface area (Å²) in [6.07, 6.45) is 0. The minimum absolute atomic E-state index is 0.105. The smallest absolute Gasteiger partial charge is 0.417 e. The predicted octanol–water partition coefficient (Wildman–Crippen LogP) is 0.736. The Morgan fingerprint density at radius 1 is 1.11 bits per heavy atom. The first-order valence-electron chi connectivity index (χ1n) is 7.50. The van der Waals surface area contributed by atoms with Crippen LogP contribution in [0.3, 0.4) is 0 Å². The lowest BCUT2D eigenvalue weighted by Crippen LogP contribution is -2.29. The number of oxazole rings is 1. The molecule has 1 amide bonds. The molecule has 2 aromatic carbocycles. The molecule has 3 rings (SSSR count). The fraction of sp³-hybridized carbons (Fsp3) is 0.0625. The summed E-state index contributed by atoms with van der Waals surface area (Å²) in [5.74, 6) is -2.47. The summed E-state index contributed by atoms with van der Waals surface area (Å²) in [5, 5.41) is 10.7. The maximum absolute atomic E-state index is 12.5. The van der Waals surface area contributed by atoms with Gasteiger partial charge in [0.2, 0.25) is 0 Å². The summed E-state index contributed by atoms with van der Waals surface area (Å²) >= 11 is 0. The molecule has 0 unspecified atom stereocenters. The average Bonchev–Trinajstić information content (AvgIpc) is 2.99. The van der Waals surface area contributed by atoms with E-state index in [2.05, 4.69) is 15.0 Å². The largest absolute Gasteiger partial charge is 0.480 e. The Morgan fingerprint density at radius 3 is 2.48 bits per heavy atom. The Kier molecular flexibility index (Phi) is 4.69. The molecular weight excluding hydrogens is 378 g/mol. The molecule has 10 nitrogen and oxygen atoms in total. The molecule has 1 heterocycles. The first-order chi connectivity index (χ1) is 12.7. The molecule has 0 radical (unpaired) electrons. The number of carbonyl (C=O) groups excluding carboxylic acids is 1. The van der Waals surface area contributed by atoms with Gasteiger partial charge in [0.05, 0.1) is 10.4 Å². The molecule has 0 aliphatic rings. The Hall–Kier alpha value is -3.60. The molecule has 0 aliphatic heterocycles. The van der Waals surface area contributed by atoms with Gasteiger partial charge in [-0.1, -0.05) is 0 Å². The van der Waals surface area contributed by atoms with Crippen molar-refractivity contribution in [2.75, 3.05) is 11.3 Å². The molecule has 0 saturated carbocycles. The van der Waals surface area contributed by atoms with E-state index in [0.29, 0.717) is 5.52 Å². The van der Waals surface area contributed by atoms with Gasteiger partial charge in [-0.25, -0.2) is 13.2 Å². The van der Waals surface area contributed by atoms with E-state index in [1.54, 1.807) is 0 Å². The summed E-state index contributed by atoms with van der Waals surface area (Å²) in [6, 6.07) is 9.36. The number of sulfonamides is 1. The molecule has 0 saturated heterocycles. The molecule has 140 valence electrons. The fourth-order valence-electron chi connectivity index (χ4n) is 2.25. The number of aliphatic carboxylic acids is 1.